The molecule has 1 fully saturated rings. The quantitative estimate of drug-likeness (QED) is 0.336. The van der Waals surface area contributed by atoms with Crippen LogP contribution in [-0.4, -0.2) is 64.4 Å². The van der Waals surface area contributed by atoms with E-state index in [2.05, 4.69) is 9.18 Å². The van der Waals surface area contributed by atoms with Crippen molar-refractivity contribution < 1.29 is 26.9 Å². The monoisotopic (exact) mass is 543 g/mol. The van der Waals surface area contributed by atoms with Gasteiger partial charge in [0, 0.05) is 12.7 Å². The minimum atomic E-state index is -4.45. The van der Waals surface area contributed by atoms with Crippen molar-refractivity contribution in [2.45, 2.75) is 55.1 Å². The second kappa shape index (κ2) is 9.14. The van der Waals surface area contributed by atoms with Crippen LogP contribution < -0.4 is 10.5 Å². The molecular weight excluding hydrogens is 521 g/mol. The molecule has 3 N–H and O–H groups in total. The number of nitrogens with zero attached hydrogens (tertiary/aromatic N) is 3. The number of nitrogens with two attached hydrogens (primary N) is 1. The lowest BCUT2D eigenvalue weighted by Gasteiger charge is -2.35. The van der Waals surface area contributed by atoms with Gasteiger partial charge < -0.3 is 15.4 Å². The van der Waals surface area contributed by atoms with Crippen LogP contribution in [0, 0.1) is 0 Å². The molecule has 11 nitrogen and oxygen atoms in total. The standard InChI is InChI=1S/C18H24Cl3N5O6S/c1-17(2,3)32-16(28)26-8-6-10-13(26)12(11-5-4-7-25(11)14(10)27)23-15(22)24-33(29,30)31-9-18(19,20)21/h6,8,11-12H,4-5,7,9H2,1-3H3,(H3,22,23,24)/t11-,12-/m0/s1. The van der Waals surface area contributed by atoms with E-state index in [1.54, 1.807) is 25.7 Å². The number of fused-ring (bicyclic) bond motifs is 2. The van der Waals surface area contributed by atoms with Gasteiger partial charge in [-0.25, -0.2) is 18.7 Å². The molecule has 33 heavy (non-hydrogen) atoms. The first-order valence-electron chi connectivity index (χ1n) is 9.91. The molecule has 0 saturated carbocycles. The van der Waals surface area contributed by atoms with Gasteiger partial charge in [-0.15, -0.1) is 0 Å². The highest BCUT2D eigenvalue weighted by Gasteiger charge is 2.45. The highest BCUT2D eigenvalue weighted by atomic mass is 35.6. The highest BCUT2D eigenvalue weighted by molar-refractivity contribution is 7.85. The fourth-order valence-electron chi connectivity index (χ4n) is 3.73. The molecule has 1 aromatic heterocycles. The van der Waals surface area contributed by atoms with Gasteiger partial charge in [0.1, 0.15) is 18.2 Å². The van der Waals surface area contributed by atoms with Crippen molar-refractivity contribution in [1.29, 1.82) is 0 Å². The Hall–Kier alpha value is -1.73. The number of hydrogen-bond acceptors (Lipinski definition) is 7. The molecule has 184 valence electrons. The number of rotatable bonds is 4. The number of hydrogen-bond donors (Lipinski definition) is 2. The summed E-state index contributed by atoms with van der Waals surface area (Å²) in [5, 5.41) is 0. The van der Waals surface area contributed by atoms with Crippen molar-refractivity contribution in [3.05, 3.63) is 23.5 Å². The lowest BCUT2D eigenvalue weighted by Crippen LogP contribution is -2.46. The summed E-state index contributed by atoms with van der Waals surface area (Å²) in [6, 6.07) is 0.244. The first-order chi connectivity index (χ1) is 15.1. The van der Waals surface area contributed by atoms with Gasteiger partial charge >= 0.3 is 16.4 Å². The van der Waals surface area contributed by atoms with E-state index in [1.165, 1.54) is 16.8 Å². The summed E-state index contributed by atoms with van der Waals surface area (Å²) in [6.07, 6.45) is 2.03. The number of carbonyl (C=O) groups is 2. The van der Waals surface area contributed by atoms with Gasteiger partial charge in [-0.05, 0) is 39.7 Å². The number of guanidine groups is 1. The van der Waals surface area contributed by atoms with Crippen LogP contribution in [0.2, 0.25) is 0 Å². The molecule has 1 saturated heterocycles. The lowest BCUT2D eigenvalue weighted by atomic mass is 9.95. The first kappa shape index (κ1) is 25.9. The molecular formula is C18H24Cl3N5O6S. The number of aliphatic imine (C=N–C) groups is 1. The number of amides is 1. The molecule has 0 spiro atoms. The molecule has 2 atom stereocenters. The van der Waals surface area contributed by atoms with Gasteiger partial charge in [-0.2, -0.15) is 8.42 Å². The van der Waals surface area contributed by atoms with Gasteiger partial charge in [0.25, 0.3) is 5.91 Å². The Bertz CT molecular complexity index is 1080. The van der Waals surface area contributed by atoms with E-state index in [0.29, 0.717) is 13.0 Å². The van der Waals surface area contributed by atoms with Crippen molar-refractivity contribution in [2.75, 3.05) is 13.2 Å². The average molecular weight is 545 g/mol. The van der Waals surface area contributed by atoms with Crippen molar-refractivity contribution in [2.24, 2.45) is 10.7 Å². The summed E-state index contributed by atoms with van der Waals surface area (Å²) >= 11 is 16.5. The van der Waals surface area contributed by atoms with Gasteiger partial charge in [0.05, 0.1) is 17.3 Å². The molecule has 0 bridgehead atoms. The predicted octanol–water partition coefficient (Wildman–Crippen LogP) is 2.47. The van der Waals surface area contributed by atoms with E-state index in [0.717, 1.165) is 6.42 Å². The summed E-state index contributed by atoms with van der Waals surface area (Å²) in [6.45, 7) is 4.89. The first-order valence-corrected chi connectivity index (χ1v) is 12.4. The predicted molar refractivity (Wildman–Crippen MR) is 123 cm³/mol. The molecule has 3 heterocycles. The average Bonchev–Trinajstić information content (AvgIpc) is 3.29. The van der Waals surface area contributed by atoms with Crippen LogP contribution in [0.25, 0.3) is 0 Å². The molecule has 3 rings (SSSR count). The molecule has 0 radical (unpaired) electrons. The Morgan fingerprint density at radius 2 is 2.00 bits per heavy atom. The zero-order chi connectivity index (χ0) is 24.8. The Morgan fingerprint density at radius 3 is 2.61 bits per heavy atom. The maximum atomic E-state index is 13.0. The largest absolute Gasteiger partial charge is 0.443 e. The maximum Gasteiger partial charge on any atom is 0.418 e. The van der Waals surface area contributed by atoms with Crippen LogP contribution in [0.1, 0.15) is 55.7 Å². The van der Waals surface area contributed by atoms with Crippen molar-refractivity contribution in [3.63, 3.8) is 0 Å². The number of halogens is 3. The third kappa shape index (κ3) is 6.24. The van der Waals surface area contributed by atoms with Crippen molar-refractivity contribution >= 4 is 63.1 Å². The zero-order valence-corrected chi connectivity index (χ0v) is 21.1. The van der Waals surface area contributed by atoms with Gasteiger partial charge in [-0.3, -0.25) is 9.36 Å². The number of alkyl halides is 3. The number of aromatic nitrogens is 1. The van der Waals surface area contributed by atoms with E-state index >= 15 is 0 Å². The smallest absolute Gasteiger partial charge is 0.418 e. The van der Waals surface area contributed by atoms with E-state index in [1.807, 2.05) is 4.72 Å². The Morgan fingerprint density at radius 1 is 1.33 bits per heavy atom. The second-order valence-corrected chi connectivity index (χ2v) is 12.4. The van der Waals surface area contributed by atoms with Crippen LogP contribution in [0.5, 0.6) is 0 Å². The minimum Gasteiger partial charge on any atom is -0.443 e. The SMILES string of the molecule is CC(C)(C)OC(=O)n1ccc2c1[C@@H](N=C(N)NS(=O)(=O)OCC(Cl)(Cl)Cl)[C@@H]1CCCN1C2=O. The summed E-state index contributed by atoms with van der Waals surface area (Å²) in [4.78, 5) is 31.7. The maximum absolute atomic E-state index is 13.0. The molecule has 2 aliphatic rings. The van der Waals surface area contributed by atoms with Crippen molar-refractivity contribution in [1.82, 2.24) is 14.2 Å². The topological polar surface area (TPSA) is 145 Å². The Kier molecular flexibility index (Phi) is 7.17. The normalized spacial score (nSPS) is 21.6. The Balaban J connectivity index is 1.96. The number of nitrogens with one attached hydrogen (secondary N) is 1. The minimum absolute atomic E-state index is 0.244. The fourth-order valence-corrected chi connectivity index (χ4v) is 4.79. The lowest BCUT2D eigenvalue weighted by molar-refractivity contribution is 0.0522. The third-order valence-corrected chi connectivity index (χ3v) is 6.05. The summed E-state index contributed by atoms with van der Waals surface area (Å²) in [5.74, 6) is -0.764. The fraction of sp³-hybridized carbons (Fsp3) is 0.611. The van der Waals surface area contributed by atoms with Crippen molar-refractivity contribution in [3.8, 4) is 0 Å². The van der Waals surface area contributed by atoms with E-state index < -0.39 is 50.4 Å². The zero-order valence-electron chi connectivity index (χ0n) is 18.0. The molecule has 15 heteroatoms. The second-order valence-electron chi connectivity index (χ2n) is 8.57. The molecule has 0 aliphatic carbocycles. The van der Waals surface area contributed by atoms with Gasteiger partial charge in [0.15, 0.2) is 0 Å². The van der Waals surface area contributed by atoms with Crippen LogP contribution in [0.3, 0.4) is 0 Å². The van der Waals surface area contributed by atoms with E-state index in [9.17, 15) is 18.0 Å². The van der Waals surface area contributed by atoms with Crippen LogP contribution >= 0.6 is 34.8 Å². The van der Waals surface area contributed by atoms with Crippen LogP contribution in [-0.2, 0) is 19.2 Å². The summed E-state index contributed by atoms with van der Waals surface area (Å²) < 4.78 is 35.5. The van der Waals surface area contributed by atoms with Crippen LogP contribution in [0.4, 0.5) is 4.79 Å². The number of ether oxygens (including phenoxy) is 1. The molecule has 1 amide bonds. The highest BCUT2D eigenvalue weighted by Crippen LogP contribution is 2.40. The molecule has 2 aliphatic heterocycles. The van der Waals surface area contributed by atoms with E-state index in [4.69, 9.17) is 45.3 Å². The molecule has 0 unspecified atom stereocenters. The molecule has 1 aromatic rings. The third-order valence-electron chi connectivity index (χ3n) is 4.84. The van der Waals surface area contributed by atoms with Crippen LogP contribution in [0.15, 0.2) is 17.3 Å². The molecule has 0 aromatic carbocycles. The van der Waals surface area contributed by atoms with Gasteiger partial charge in [0.2, 0.25) is 9.75 Å². The van der Waals surface area contributed by atoms with Gasteiger partial charge in [-0.1, -0.05) is 34.8 Å². The Labute approximate surface area is 206 Å². The summed E-state index contributed by atoms with van der Waals surface area (Å²) in [7, 11) is -4.45. The summed E-state index contributed by atoms with van der Waals surface area (Å²) in [5.41, 5.74) is 5.60. The van der Waals surface area contributed by atoms with E-state index in [-0.39, 0.29) is 17.2 Å². The number of carbonyl (C=O) groups excluding carboxylic acids is 2.